The Hall–Kier alpha value is -0.820. The fourth-order valence-electron chi connectivity index (χ4n) is 0.0645. The van der Waals surface area contributed by atoms with Crippen molar-refractivity contribution in [1.82, 2.24) is 4.85 Å². The Morgan fingerprint density at radius 3 is 2.50 bits per heavy atom. The lowest BCUT2D eigenvalue weighted by Crippen LogP contribution is -2.11. The van der Waals surface area contributed by atoms with Crippen LogP contribution in [-0.4, -0.2) is 5.84 Å². The van der Waals surface area contributed by atoms with Crippen LogP contribution in [0.5, 0.6) is 0 Å². The zero-order chi connectivity index (χ0) is 4.99. The highest BCUT2D eigenvalue weighted by Gasteiger charge is 1.92. The number of hydrogen-bond donors (Lipinski definition) is 1. The van der Waals surface area contributed by atoms with E-state index >= 15 is 0 Å². The minimum atomic E-state index is 0.162. The summed E-state index contributed by atoms with van der Waals surface area (Å²) in [4.78, 5) is 11.8. The average Bonchev–Trinajstić information content (AvgIpc) is 1.65. The van der Waals surface area contributed by atoms with Gasteiger partial charge in [0.1, 0.15) is 0 Å². The summed E-state index contributed by atoms with van der Waals surface area (Å²) in [5.74, 6) is 0.162. The van der Waals surface area contributed by atoms with Gasteiger partial charge >= 0.3 is 5.84 Å². The molecule has 6 heavy (non-hydrogen) atoms. The van der Waals surface area contributed by atoms with Crippen molar-refractivity contribution in [2.45, 2.75) is 13.3 Å². The van der Waals surface area contributed by atoms with Crippen molar-refractivity contribution < 1.29 is 0 Å². The second-order valence-corrected chi connectivity index (χ2v) is 0.936. The van der Waals surface area contributed by atoms with Crippen LogP contribution < -0.4 is 10.6 Å². The molecule has 0 saturated carbocycles. The van der Waals surface area contributed by atoms with E-state index in [0.717, 1.165) is 0 Å². The SMILES string of the molecule is CCC(N)=[N+]=O. The molecule has 0 heterocycles. The molecule has 0 amide bonds. The van der Waals surface area contributed by atoms with Gasteiger partial charge in [0.15, 0.2) is 0 Å². The van der Waals surface area contributed by atoms with Gasteiger partial charge in [0.2, 0.25) is 0 Å². The Balaban J connectivity index is 3.52. The van der Waals surface area contributed by atoms with E-state index in [1.54, 1.807) is 6.92 Å². The summed E-state index contributed by atoms with van der Waals surface area (Å²) in [7, 11) is 0. The number of nitrogens with two attached hydrogens (primary N) is 1. The van der Waals surface area contributed by atoms with Crippen molar-refractivity contribution in [3.8, 4) is 0 Å². The Morgan fingerprint density at radius 2 is 2.50 bits per heavy atom. The van der Waals surface area contributed by atoms with E-state index in [1.165, 1.54) is 0 Å². The highest BCUT2D eigenvalue weighted by molar-refractivity contribution is 5.78. The van der Waals surface area contributed by atoms with Gasteiger partial charge in [-0.3, -0.25) is 5.73 Å². The van der Waals surface area contributed by atoms with E-state index in [1.807, 2.05) is 0 Å². The summed E-state index contributed by atoms with van der Waals surface area (Å²) in [5, 5.41) is 0. The van der Waals surface area contributed by atoms with Gasteiger partial charge in [0.05, 0.1) is 11.3 Å². The van der Waals surface area contributed by atoms with Crippen molar-refractivity contribution in [3.63, 3.8) is 0 Å². The van der Waals surface area contributed by atoms with E-state index in [2.05, 4.69) is 4.85 Å². The van der Waals surface area contributed by atoms with Crippen LogP contribution >= 0.6 is 0 Å². The van der Waals surface area contributed by atoms with Gasteiger partial charge in [-0.2, -0.15) is 0 Å². The number of hydrogen-bond acceptors (Lipinski definition) is 1. The molecule has 0 spiro atoms. The van der Waals surface area contributed by atoms with Gasteiger partial charge in [-0.05, 0) is 0 Å². The molecular formula is C3H7N2O+. The molecule has 3 nitrogen and oxygen atoms in total. The highest BCUT2D eigenvalue weighted by atomic mass is 16.2. The molecule has 2 N–H and O–H groups in total. The third-order valence-electron chi connectivity index (χ3n) is 0.479. The Morgan fingerprint density at radius 1 is 2.00 bits per heavy atom. The lowest BCUT2D eigenvalue weighted by atomic mass is 10.5. The molecular weight excluding hydrogens is 80.0 g/mol. The van der Waals surface area contributed by atoms with E-state index in [4.69, 9.17) is 5.73 Å². The van der Waals surface area contributed by atoms with E-state index in [-0.39, 0.29) is 5.84 Å². The molecule has 0 rings (SSSR count). The lowest BCUT2D eigenvalue weighted by molar-refractivity contribution is 1.23. The van der Waals surface area contributed by atoms with Crippen LogP contribution in [0.15, 0.2) is 0 Å². The summed E-state index contributed by atoms with van der Waals surface area (Å²) in [6.45, 7) is 1.77. The molecule has 0 unspecified atom stereocenters. The third-order valence-corrected chi connectivity index (χ3v) is 0.479. The van der Waals surface area contributed by atoms with E-state index < -0.39 is 0 Å². The largest absolute Gasteiger partial charge is 0.399 e. The highest BCUT2D eigenvalue weighted by Crippen LogP contribution is 1.63. The summed E-state index contributed by atoms with van der Waals surface area (Å²) in [6, 6.07) is 0. The average molecular weight is 87.1 g/mol. The zero-order valence-electron chi connectivity index (χ0n) is 3.64. The first kappa shape index (κ1) is 5.18. The first-order chi connectivity index (χ1) is 2.81. The Kier molecular flexibility index (Phi) is 2.09. The van der Waals surface area contributed by atoms with E-state index in [0.29, 0.717) is 6.42 Å². The molecule has 34 valence electrons. The zero-order valence-corrected chi connectivity index (χ0v) is 3.64. The second-order valence-electron chi connectivity index (χ2n) is 0.936. The standard InChI is InChI=1S/C3H6N2O/c1-2-3(4)5-6/h4H,2H2,1H3/p+1. The Labute approximate surface area is 35.8 Å². The summed E-state index contributed by atoms with van der Waals surface area (Å²) >= 11 is 0. The minimum absolute atomic E-state index is 0.162. The third kappa shape index (κ3) is 1.49. The molecule has 0 aliphatic rings. The van der Waals surface area contributed by atoms with Gasteiger partial charge in [-0.25, -0.2) is 0 Å². The maximum Gasteiger partial charge on any atom is 0.399 e. The van der Waals surface area contributed by atoms with Crippen molar-refractivity contribution in [2.24, 2.45) is 5.73 Å². The molecule has 3 heteroatoms. The number of nitroso groups, excluding NO2 is 1. The molecule has 0 radical (unpaired) electrons. The Bertz CT molecular complexity index is 82.8. The van der Waals surface area contributed by atoms with Gasteiger partial charge < -0.3 is 0 Å². The number of amidine groups is 1. The molecule has 0 fully saturated rings. The predicted octanol–water partition coefficient (Wildman–Crippen LogP) is -0.413. The van der Waals surface area contributed by atoms with Crippen molar-refractivity contribution in [3.05, 3.63) is 4.91 Å². The van der Waals surface area contributed by atoms with Gasteiger partial charge in [-0.1, -0.05) is 6.92 Å². The van der Waals surface area contributed by atoms with Gasteiger partial charge in [0, 0.05) is 4.91 Å². The smallest absolute Gasteiger partial charge is 0.273 e. The fraction of sp³-hybridized carbons (Fsp3) is 0.667. The maximum absolute atomic E-state index is 9.32. The molecule has 0 aromatic carbocycles. The molecule has 0 atom stereocenters. The molecule has 0 aromatic heterocycles. The second kappa shape index (κ2) is 2.42. The molecule has 0 bridgehead atoms. The first-order valence-corrected chi connectivity index (χ1v) is 1.76. The number of nitrogens with zero attached hydrogens (tertiary/aromatic N) is 1. The summed E-state index contributed by atoms with van der Waals surface area (Å²) in [5.41, 5.74) is 4.91. The molecule has 0 aromatic rings. The molecule has 0 aliphatic carbocycles. The minimum Gasteiger partial charge on any atom is -0.273 e. The van der Waals surface area contributed by atoms with Crippen LogP contribution in [0.25, 0.3) is 0 Å². The van der Waals surface area contributed by atoms with Crippen LogP contribution in [0.2, 0.25) is 0 Å². The normalized spacial score (nSPS) is 6.83. The van der Waals surface area contributed by atoms with Crippen molar-refractivity contribution in [1.29, 1.82) is 0 Å². The maximum atomic E-state index is 9.32. The summed E-state index contributed by atoms with van der Waals surface area (Å²) in [6.07, 6.45) is 0.545. The van der Waals surface area contributed by atoms with E-state index in [9.17, 15) is 4.91 Å². The molecule has 0 saturated heterocycles. The summed E-state index contributed by atoms with van der Waals surface area (Å²) < 4.78 is 0. The monoisotopic (exact) mass is 87.1 g/mol. The van der Waals surface area contributed by atoms with Crippen molar-refractivity contribution >= 4 is 5.84 Å². The van der Waals surface area contributed by atoms with Gasteiger partial charge in [-0.15, -0.1) is 0 Å². The lowest BCUT2D eigenvalue weighted by Gasteiger charge is -1.63. The predicted molar refractivity (Wildman–Crippen MR) is 25.0 cm³/mol. The topological polar surface area (TPSA) is 57.2 Å². The van der Waals surface area contributed by atoms with Crippen LogP contribution in [0.4, 0.5) is 0 Å². The number of rotatable bonds is 1. The van der Waals surface area contributed by atoms with Crippen LogP contribution in [0.1, 0.15) is 13.3 Å². The quantitative estimate of drug-likeness (QED) is 0.268. The first-order valence-electron chi connectivity index (χ1n) is 1.76. The van der Waals surface area contributed by atoms with Crippen LogP contribution in [0.3, 0.4) is 0 Å². The molecule has 0 aliphatic heterocycles. The van der Waals surface area contributed by atoms with Crippen LogP contribution in [-0.2, 0) is 0 Å². The fourth-order valence-corrected chi connectivity index (χ4v) is 0.0645. The van der Waals surface area contributed by atoms with Crippen LogP contribution in [0, 0.1) is 4.91 Å². The van der Waals surface area contributed by atoms with Gasteiger partial charge in [0.25, 0.3) is 0 Å². The van der Waals surface area contributed by atoms with Crippen molar-refractivity contribution in [2.75, 3.05) is 0 Å².